The number of aromatic nitrogens is 1. The van der Waals surface area contributed by atoms with Crippen molar-refractivity contribution in [2.75, 3.05) is 20.2 Å². The number of methoxy groups -OCH3 is 1. The van der Waals surface area contributed by atoms with Crippen molar-refractivity contribution < 1.29 is 23.8 Å². The second-order valence-corrected chi connectivity index (χ2v) is 10.1. The Morgan fingerprint density at radius 3 is 2.76 bits per heavy atom. The molecule has 3 heterocycles. The molecule has 0 aliphatic carbocycles. The number of aryl methyl sites for hydroxylation is 1. The first-order chi connectivity index (χ1) is 17.9. The number of carboxylic acid groups (broad SMARTS) is 1. The lowest BCUT2D eigenvalue weighted by Crippen LogP contribution is -2.20. The third-order valence-electron chi connectivity index (χ3n) is 7.46. The number of nitrogens with zero attached hydrogens (tertiary/aromatic N) is 2. The smallest absolute Gasteiger partial charge is 0.306 e. The predicted octanol–water partition coefficient (Wildman–Crippen LogP) is 5.82. The largest absolute Gasteiger partial charge is 0.485 e. The summed E-state index contributed by atoms with van der Waals surface area (Å²) in [5, 5.41) is 9.28. The molecule has 194 valence electrons. The lowest BCUT2D eigenvalue weighted by Gasteiger charge is -2.28. The van der Waals surface area contributed by atoms with Gasteiger partial charge in [-0.1, -0.05) is 37.3 Å². The standard InChI is InChI=1S/C30H33FN2O4/c1-19(30(34)35)13-20-5-6-21-8-10-27(37-28(21)14-20)22-7-9-24(23(15-22)18-33-11-3-4-12-33)25-16-29(36-2)32-17-26(25)31/h5-7,9,14-17,19,27H,3-4,8,10-13,18H2,1-2H3,(H,34,35). The number of aliphatic carboxylic acids is 1. The first kappa shape index (κ1) is 25.2. The molecular weight excluding hydrogens is 471 g/mol. The molecule has 5 rings (SSSR count). The van der Waals surface area contributed by atoms with E-state index in [1.165, 1.54) is 26.1 Å². The highest BCUT2D eigenvalue weighted by molar-refractivity contribution is 5.70. The number of carbonyl (C=O) groups is 1. The number of halogens is 1. The van der Waals surface area contributed by atoms with Gasteiger partial charge in [0, 0.05) is 18.2 Å². The molecule has 7 heteroatoms. The Morgan fingerprint density at radius 1 is 1.19 bits per heavy atom. The highest BCUT2D eigenvalue weighted by Gasteiger charge is 2.25. The molecule has 0 amide bonds. The summed E-state index contributed by atoms with van der Waals surface area (Å²) in [5.74, 6) is -0.424. The number of rotatable bonds is 8. The first-order valence-corrected chi connectivity index (χ1v) is 13.0. The molecule has 6 nitrogen and oxygen atoms in total. The van der Waals surface area contributed by atoms with Gasteiger partial charge in [-0.15, -0.1) is 0 Å². The van der Waals surface area contributed by atoms with Gasteiger partial charge in [0.15, 0.2) is 0 Å². The maximum absolute atomic E-state index is 14.9. The van der Waals surface area contributed by atoms with Gasteiger partial charge in [0.2, 0.25) is 5.88 Å². The molecule has 1 aromatic heterocycles. The molecule has 1 N–H and O–H groups in total. The van der Waals surface area contributed by atoms with Crippen molar-refractivity contribution in [2.45, 2.75) is 51.7 Å². The summed E-state index contributed by atoms with van der Waals surface area (Å²) in [7, 11) is 1.53. The lowest BCUT2D eigenvalue weighted by atomic mass is 9.91. The molecule has 2 atom stereocenters. The Hall–Kier alpha value is -3.45. The third-order valence-corrected chi connectivity index (χ3v) is 7.46. The van der Waals surface area contributed by atoms with Gasteiger partial charge < -0.3 is 14.6 Å². The molecular formula is C30H33FN2O4. The quantitative estimate of drug-likeness (QED) is 0.417. The van der Waals surface area contributed by atoms with Crippen LogP contribution in [0.3, 0.4) is 0 Å². The minimum absolute atomic E-state index is 0.122. The number of carboxylic acids is 1. The highest BCUT2D eigenvalue weighted by Crippen LogP contribution is 2.38. The van der Waals surface area contributed by atoms with Crippen LogP contribution in [0.25, 0.3) is 11.1 Å². The monoisotopic (exact) mass is 504 g/mol. The van der Waals surface area contributed by atoms with E-state index in [2.05, 4.69) is 22.0 Å². The average molecular weight is 505 g/mol. The van der Waals surface area contributed by atoms with E-state index in [-0.39, 0.29) is 11.9 Å². The van der Waals surface area contributed by atoms with Gasteiger partial charge in [0.25, 0.3) is 0 Å². The van der Waals surface area contributed by atoms with Crippen molar-refractivity contribution in [3.63, 3.8) is 0 Å². The minimum Gasteiger partial charge on any atom is -0.485 e. The molecule has 2 aromatic carbocycles. The second kappa shape index (κ2) is 10.9. The van der Waals surface area contributed by atoms with Crippen LogP contribution in [0.1, 0.15) is 54.5 Å². The molecule has 0 bridgehead atoms. The van der Waals surface area contributed by atoms with E-state index in [9.17, 15) is 14.3 Å². The van der Waals surface area contributed by atoms with Crippen LogP contribution in [-0.2, 0) is 24.2 Å². The van der Waals surface area contributed by atoms with E-state index in [0.29, 0.717) is 17.9 Å². The summed E-state index contributed by atoms with van der Waals surface area (Å²) in [6, 6.07) is 13.9. The van der Waals surface area contributed by atoms with E-state index in [1.54, 1.807) is 13.0 Å². The van der Waals surface area contributed by atoms with Crippen molar-refractivity contribution in [3.05, 3.63) is 76.7 Å². The number of benzene rings is 2. The van der Waals surface area contributed by atoms with Crippen LogP contribution in [0.4, 0.5) is 4.39 Å². The summed E-state index contributed by atoms with van der Waals surface area (Å²) >= 11 is 0. The normalized spacial score (nSPS) is 18.2. The zero-order chi connectivity index (χ0) is 25.9. The fraction of sp³-hybridized carbons (Fsp3) is 0.400. The molecule has 0 radical (unpaired) electrons. The average Bonchev–Trinajstić information content (AvgIpc) is 3.42. The van der Waals surface area contributed by atoms with Gasteiger partial charge in [-0.25, -0.2) is 9.37 Å². The number of hydrogen-bond donors (Lipinski definition) is 1. The van der Waals surface area contributed by atoms with Gasteiger partial charge in [0.05, 0.1) is 19.2 Å². The van der Waals surface area contributed by atoms with E-state index in [0.717, 1.165) is 66.0 Å². The van der Waals surface area contributed by atoms with Crippen LogP contribution in [-0.4, -0.2) is 41.2 Å². The fourth-order valence-electron chi connectivity index (χ4n) is 5.34. The predicted molar refractivity (Wildman–Crippen MR) is 139 cm³/mol. The van der Waals surface area contributed by atoms with E-state index in [1.807, 2.05) is 24.3 Å². The molecule has 0 saturated carbocycles. The van der Waals surface area contributed by atoms with Crippen LogP contribution in [0.5, 0.6) is 11.6 Å². The third kappa shape index (κ3) is 5.62. The van der Waals surface area contributed by atoms with Crippen LogP contribution in [0.15, 0.2) is 48.7 Å². The zero-order valence-electron chi connectivity index (χ0n) is 21.4. The minimum atomic E-state index is -0.801. The summed E-state index contributed by atoms with van der Waals surface area (Å²) in [6.07, 6.45) is 5.64. The number of fused-ring (bicyclic) bond motifs is 1. The Labute approximate surface area is 217 Å². The number of ether oxygens (including phenoxy) is 2. The second-order valence-electron chi connectivity index (χ2n) is 10.1. The van der Waals surface area contributed by atoms with E-state index in [4.69, 9.17) is 9.47 Å². The van der Waals surface area contributed by atoms with Gasteiger partial charge in [-0.3, -0.25) is 9.69 Å². The molecule has 0 spiro atoms. The van der Waals surface area contributed by atoms with Gasteiger partial charge in [0.1, 0.15) is 17.7 Å². The number of likely N-dealkylation sites (tertiary alicyclic amines) is 1. The molecule has 3 aromatic rings. The van der Waals surface area contributed by atoms with Crippen LogP contribution in [0.2, 0.25) is 0 Å². The van der Waals surface area contributed by atoms with Gasteiger partial charge in [-0.2, -0.15) is 0 Å². The Kier molecular flexibility index (Phi) is 7.42. The van der Waals surface area contributed by atoms with Crippen molar-refractivity contribution in [2.24, 2.45) is 5.92 Å². The topological polar surface area (TPSA) is 71.9 Å². The van der Waals surface area contributed by atoms with Crippen LogP contribution in [0, 0.1) is 11.7 Å². The van der Waals surface area contributed by atoms with Crippen LogP contribution < -0.4 is 9.47 Å². The van der Waals surface area contributed by atoms with Crippen molar-refractivity contribution >= 4 is 5.97 Å². The summed E-state index contributed by atoms with van der Waals surface area (Å²) < 4.78 is 26.6. The van der Waals surface area contributed by atoms with Crippen molar-refractivity contribution in [1.82, 2.24) is 9.88 Å². The van der Waals surface area contributed by atoms with E-state index < -0.39 is 11.9 Å². The maximum atomic E-state index is 14.9. The van der Waals surface area contributed by atoms with Gasteiger partial charge >= 0.3 is 5.97 Å². The Bertz CT molecular complexity index is 1290. The summed E-state index contributed by atoms with van der Waals surface area (Å²) in [6.45, 7) is 4.54. The van der Waals surface area contributed by atoms with E-state index >= 15 is 0 Å². The zero-order valence-corrected chi connectivity index (χ0v) is 21.4. The molecule has 37 heavy (non-hydrogen) atoms. The van der Waals surface area contributed by atoms with Crippen molar-refractivity contribution in [1.29, 1.82) is 0 Å². The maximum Gasteiger partial charge on any atom is 0.306 e. The summed E-state index contributed by atoms with van der Waals surface area (Å²) in [5.41, 5.74) is 5.55. The first-order valence-electron chi connectivity index (χ1n) is 13.0. The van der Waals surface area contributed by atoms with Gasteiger partial charge in [-0.05, 0) is 79.1 Å². The van der Waals surface area contributed by atoms with Crippen LogP contribution >= 0.6 is 0 Å². The molecule has 1 saturated heterocycles. The molecule has 1 fully saturated rings. The Balaban J connectivity index is 1.45. The fourth-order valence-corrected chi connectivity index (χ4v) is 5.34. The molecule has 2 aliphatic rings. The molecule has 2 aliphatic heterocycles. The number of pyridine rings is 1. The summed E-state index contributed by atoms with van der Waals surface area (Å²) in [4.78, 5) is 17.7. The lowest BCUT2D eigenvalue weighted by molar-refractivity contribution is -0.141. The van der Waals surface area contributed by atoms with Crippen molar-refractivity contribution in [3.8, 4) is 22.8 Å². The SMILES string of the molecule is COc1cc(-c2ccc(C3CCc4ccc(CC(C)C(=O)O)cc4O3)cc2CN2CCCC2)c(F)cn1. The highest BCUT2D eigenvalue weighted by atomic mass is 19.1. The number of hydrogen-bond acceptors (Lipinski definition) is 5. The Morgan fingerprint density at radius 2 is 2.00 bits per heavy atom. The molecule has 2 unspecified atom stereocenters.